The van der Waals surface area contributed by atoms with E-state index in [9.17, 15) is 4.79 Å². The topological polar surface area (TPSA) is 42.0 Å². The van der Waals surface area contributed by atoms with Crippen LogP contribution in [0.15, 0.2) is 79.0 Å². The Labute approximate surface area is 172 Å². The number of rotatable bonds is 4. The van der Waals surface area contributed by atoms with Gasteiger partial charge < -0.3 is 5.32 Å². The zero-order valence-electron chi connectivity index (χ0n) is 16.9. The van der Waals surface area contributed by atoms with E-state index in [0.717, 1.165) is 39.0 Å². The van der Waals surface area contributed by atoms with Gasteiger partial charge in [-0.1, -0.05) is 54.1 Å². The van der Waals surface area contributed by atoms with E-state index in [2.05, 4.69) is 47.6 Å². The predicted molar refractivity (Wildman–Crippen MR) is 122 cm³/mol. The van der Waals surface area contributed by atoms with Crippen molar-refractivity contribution in [2.24, 2.45) is 0 Å². The lowest BCUT2D eigenvalue weighted by Gasteiger charge is -2.16. The molecule has 1 heterocycles. The number of aryl methyl sites for hydroxylation is 2. The zero-order valence-corrected chi connectivity index (χ0v) is 16.9. The van der Waals surface area contributed by atoms with E-state index in [4.69, 9.17) is 0 Å². The molecule has 1 amide bonds. The summed E-state index contributed by atoms with van der Waals surface area (Å²) in [6, 6.07) is 24.5. The molecule has 4 aromatic rings. The second kappa shape index (κ2) is 7.88. The molecule has 3 aromatic carbocycles. The normalized spacial score (nSPS) is 12.0. The highest BCUT2D eigenvalue weighted by molar-refractivity contribution is 5.99. The van der Waals surface area contributed by atoms with Gasteiger partial charge >= 0.3 is 0 Å². The van der Waals surface area contributed by atoms with Gasteiger partial charge in [0.05, 0.1) is 5.92 Å². The van der Waals surface area contributed by atoms with Crippen molar-refractivity contribution in [3.05, 3.63) is 95.8 Å². The highest BCUT2D eigenvalue weighted by Gasteiger charge is 2.18. The number of carbonyl (C=O) groups excluding carboxylic acids is 1. The first-order chi connectivity index (χ1) is 14.0. The van der Waals surface area contributed by atoms with Gasteiger partial charge in [0, 0.05) is 19.0 Å². The van der Waals surface area contributed by atoms with Gasteiger partial charge in [0.1, 0.15) is 0 Å². The van der Waals surface area contributed by atoms with E-state index in [-0.39, 0.29) is 13.3 Å². The predicted octanol–water partition coefficient (Wildman–Crippen LogP) is 6.51. The second-order valence-corrected chi connectivity index (χ2v) is 7.55. The fourth-order valence-electron chi connectivity index (χ4n) is 3.72. The Balaban J connectivity index is 0.00000256. The van der Waals surface area contributed by atoms with Crippen LogP contribution in [0, 0.1) is 13.8 Å². The number of hydrogen-bond acceptors (Lipinski definition) is 2. The lowest BCUT2D eigenvalue weighted by Crippen LogP contribution is -2.19. The van der Waals surface area contributed by atoms with Crippen LogP contribution < -0.4 is 5.32 Å². The van der Waals surface area contributed by atoms with Crippen molar-refractivity contribution in [2.45, 2.75) is 26.7 Å². The Bertz CT molecular complexity index is 1190. The van der Waals surface area contributed by atoms with Gasteiger partial charge in [-0.15, -0.1) is 0 Å². The third-order valence-electron chi connectivity index (χ3n) is 5.28. The highest BCUT2D eigenvalue weighted by atomic mass is 16.1. The third kappa shape index (κ3) is 4.04. The Morgan fingerprint density at radius 3 is 2.45 bits per heavy atom. The monoisotopic (exact) mass is 382 g/mol. The van der Waals surface area contributed by atoms with Crippen LogP contribution >= 0.6 is 0 Å². The van der Waals surface area contributed by atoms with Crippen LogP contribution in [-0.4, -0.2) is 10.9 Å². The van der Waals surface area contributed by atoms with E-state index in [1.165, 1.54) is 5.39 Å². The van der Waals surface area contributed by atoms with Crippen molar-refractivity contribution in [1.29, 1.82) is 0 Å². The molecule has 0 aliphatic heterocycles. The molecule has 29 heavy (non-hydrogen) atoms. The average molecular weight is 383 g/mol. The largest absolute Gasteiger partial charge is 0.326 e. The van der Waals surface area contributed by atoms with Gasteiger partial charge in [0.15, 0.2) is 0 Å². The molecule has 146 valence electrons. The van der Waals surface area contributed by atoms with Crippen molar-refractivity contribution in [1.82, 2.24) is 4.98 Å². The minimum atomic E-state index is -0.248. The van der Waals surface area contributed by atoms with Crippen LogP contribution in [0.3, 0.4) is 0 Å². The summed E-state index contributed by atoms with van der Waals surface area (Å²) >= 11 is 0. The summed E-state index contributed by atoms with van der Waals surface area (Å²) in [4.78, 5) is 17.2. The van der Waals surface area contributed by atoms with Crippen LogP contribution in [0.4, 0.5) is 5.69 Å². The molecule has 3 heteroatoms. The first kappa shape index (κ1) is 18.9. The Hall–Kier alpha value is -3.46. The average Bonchev–Trinajstić information content (AvgIpc) is 2.73. The Kier molecular flexibility index (Phi) is 5.13. The van der Waals surface area contributed by atoms with Gasteiger partial charge in [-0.05, 0) is 72.5 Å². The molecular weight excluding hydrogens is 356 g/mol. The molecule has 1 aromatic heterocycles. The van der Waals surface area contributed by atoms with Crippen LogP contribution in [0.2, 0.25) is 0 Å². The smallest absolute Gasteiger partial charge is 0.231 e. The third-order valence-corrected chi connectivity index (χ3v) is 5.28. The van der Waals surface area contributed by atoms with E-state index < -0.39 is 0 Å². The summed E-state index contributed by atoms with van der Waals surface area (Å²) < 4.78 is 0. The lowest BCUT2D eigenvalue weighted by molar-refractivity contribution is -0.117. The first-order valence-electron chi connectivity index (χ1n) is 9.84. The van der Waals surface area contributed by atoms with E-state index in [1.54, 1.807) is 0 Å². The summed E-state index contributed by atoms with van der Waals surface area (Å²) in [6.45, 7) is 6.01. The molecule has 0 radical (unpaired) electrons. The summed E-state index contributed by atoms with van der Waals surface area (Å²) in [5.41, 5.74) is 6.23. The Morgan fingerprint density at radius 2 is 1.69 bits per heavy atom. The molecule has 0 saturated heterocycles. The first-order valence-corrected chi connectivity index (χ1v) is 9.84. The molecule has 0 aliphatic rings. The standard InChI is InChI=1S/C26H24N2O.H2/c1-17-14-22-6-4-5-7-24(22)25(15-17)19(3)26(29)28-23-10-8-20(9-11-23)21-12-13-27-18(2)16-21;/h4-16,19H,1-3H3,(H,28,29);1H. The quantitative estimate of drug-likeness (QED) is 0.437. The van der Waals surface area contributed by atoms with Gasteiger partial charge in [0.2, 0.25) is 5.91 Å². The van der Waals surface area contributed by atoms with Crippen molar-refractivity contribution in [3.63, 3.8) is 0 Å². The van der Waals surface area contributed by atoms with Crippen LogP contribution in [0.5, 0.6) is 0 Å². The summed E-state index contributed by atoms with van der Waals surface area (Å²) in [6.07, 6.45) is 1.81. The number of carbonyl (C=O) groups is 1. The zero-order chi connectivity index (χ0) is 20.4. The fourth-order valence-corrected chi connectivity index (χ4v) is 3.72. The molecule has 3 nitrogen and oxygen atoms in total. The van der Waals surface area contributed by atoms with Crippen LogP contribution in [0.25, 0.3) is 21.9 Å². The molecule has 0 spiro atoms. The number of fused-ring (bicyclic) bond motifs is 1. The fraction of sp³-hybridized carbons (Fsp3) is 0.154. The molecule has 1 N–H and O–H groups in total. The second-order valence-electron chi connectivity index (χ2n) is 7.55. The number of hydrogen-bond donors (Lipinski definition) is 1. The van der Waals surface area contributed by atoms with Crippen molar-refractivity contribution < 1.29 is 6.22 Å². The van der Waals surface area contributed by atoms with Crippen LogP contribution in [0.1, 0.15) is 31.1 Å². The number of amides is 1. The maximum atomic E-state index is 12.9. The van der Waals surface area contributed by atoms with E-state index in [1.807, 2.05) is 62.5 Å². The molecule has 1 atom stereocenters. The summed E-state index contributed by atoms with van der Waals surface area (Å²) in [7, 11) is 0. The number of pyridine rings is 1. The number of benzene rings is 3. The molecule has 1 unspecified atom stereocenters. The van der Waals surface area contributed by atoms with Gasteiger partial charge in [0.25, 0.3) is 0 Å². The molecule has 0 fully saturated rings. The van der Waals surface area contributed by atoms with E-state index >= 15 is 0 Å². The number of nitrogens with zero attached hydrogens (tertiary/aromatic N) is 1. The van der Waals surface area contributed by atoms with Crippen molar-refractivity contribution in [2.75, 3.05) is 5.32 Å². The maximum Gasteiger partial charge on any atom is 0.231 e. The molecule has 0 bridgehead atoms. The Morgan fingerprint density at radius 1 is 0.931 bits per heavy atom. The van der Waals surface area contributed by atoms with Gasteiger partial charge in [-0.2, -0.15) is 0 Å². The number of aromatic nitrogens is 1. The summed E-state index contributed by atoms with van der Waals surface area (Å²) in [5.74, 6) is -0.254. The molecule has 0 saturated carbocycles. The molecule has 4 rings (SSSR count). The van der Waals surface area contributed by atoms with Crippen LogP contribution in [-0.2, 0) is 4.79 Å². The molecular formula is C26H26N2O. The van der Waals surface area contributed by atoms with Gasteiger partial charge in [-0.3, -0.25) is 9.78 Å². The van der Waals surface area contributed by atoms with E-state index in [0.29, 0.717) is 0 Å². The summed E-state index contributed by atoms with van der Waals surface area (Å²) in [5, 5.41) is 5.36. The maximum absolute atomic E-state index is 12.9. The van der Waals surface area contributed by atoms with Gasteiger partial charge in [-0.25, -0.2) is 0 Å². The number of anilines is 1. The van der Waals surface area contributed by atoms with Crippen molar-refractivity contribution in [3.8, 4) is 11.1 Å². The minimum absolute atomic E-state index is 0. The van der Waals surface area contributed by atoms with Crippen molar-refractivity contribution >= 4 is 22.4 Å². The minimum Gasteiger partial charge on any atom is -0.326 e. The molecule has 0 aliphatic carbocycles. The highest BCUT2D eigenvalue weighted by Crippen LogP contribution is 2.29. The number of nitrogens with one attached hydrogen (secondary N) is 1. The lowest BCUT2D eigenvalue weighted by atomic mass is 9.92. The SMILES string of the molecule is Cc1cc(C(C)C(=O)Nc2ccc(-c3ccnc(C)c3)cc2)c2ccccc2c1.[HH].